The summed E-state index contributed by atoms with van der Waals surface area (Å²) in [5.41, 5.74) is 2.04. The van der Waals surface area contributed by atoms with E-state index in [1.54, 1.807) is 6.07 Å². The molecule has 0 aliphatic heterocycles. The van der Waals surface area contributed by atoms with Crippen molar-refractivity contribution in [1.29, 1.82) is 0 Å². The van der Waals surface area contributed by atoms with Crippen molar-refractivity contribution in [3.05, 3.63) is 35.1 Å². The van der Waals surface area contributed by atoms with Crippen LogP contribution in [0, 0.1) is 30.5 Å². The van der Waals surface area contributed by atoms with Gasteiger partial charge in [-0.05, 0) is 61.3 Å². The van der Waals surface area contributed by atoms with Gasteiger partial charge in [0, 0.05) is 6.04 Å². The van der Waals surface area contributed by atoms with E-state index in [0.29, 0.717) is 6.04 Å². The maximum Gasteiger partial charge on any atom is 0.126 e. The lowest BCUT2D eigenvalue weighted by molar-refractivity contribution is 0.425. The summed E-state index contributed by atoms with van der Waals surface area (Å²) in [7, 11) is 0. The number of fused-ring (bicyclic) bond motifs is 1. The van der Waals surface area contributed by atoms with Crippen LogP contribution in [0.25, 0.3) is 0 Å². The predicted molar refractivity (Wildman–Crippen MR) is 71.9 cm³/mol. The van der Waals surface area contributed by atoms with E-state index in [1.807, 2.05) is 19.1 Å². The predicted octanol–water partition coefficient (Wildman–Crippen LogP) is 3.83. The Labute approximate surface area is 109 Å². The number of rotatable bonds is 4. The molecular formula is C16H22FN. The molecule has 3 rings (SSSR count). The van der Waals surface area contributed by atoms with Gasteiger partial charge in [0.25, 0.3) is 0 Å². The first kappa shape index (κ1) is 12.2. The second-order valence-corrected chi connectivity index (χ2v) is 5.88. The van der Waals surface area contributed by atoms with Gasteiger partial charge in [-0.1, -0.05) is 25.5 Å². The Morgan fingerprint density at radius 3 is 2.67 bits per heavy atom. The third-order valence-corrected chi connectivity index (χ3v) is 4.82. The minimum atomic E-state index is -0.0926. The van der Waals surface area contributed by atoms with Crippen LogP contribution in [-0.2, 0) is 0 Å². The summed E-state index contributed by atoms with van der Waals surface area (Å²) in [6.07, 6.45) is 4.21. The largest absolute Gasteiger partial charge is 0.310 e. The third kappa shape index (κ3) is 1.97. The van der Waals surface area contributed by atoms with Crippen molar-refractivity contribution in [1.82, 2.24) is 5.32 Å². The number of hydrogen-bond donors (Lipinski definition) is 1. The van der Waals surface area contributed by atoms with Crippen LogP contribution >= 0.6 is 0 Å². The standard InChI is InChI=1S/C16H22FN/c1-3-18-16(15-12-5-4-6-13(12)15)11-7-8-14(17)10(2)9-11/h7-9,12-13,15-16,18H,3-6H2,1-2H3. The van der Waals surface area contributed by atoms with Gasteiger partial charge in [0.2, 0.25) is 0 Å². The van der Waals surface area contributed by atoms with Crippen molar-refractivity contribution in [2.24, 2.45) is 17.8 Å². The van der Waals surface area contributed by atoms with Gasteiger partial charge in [-0.15, -0.1) is 0 Å². The van der Waals surface area contributed by atoms with Gasteiger partial charge >= 0.3 is 0 Å². The molecular weight excluding hydrogens is 225 g/mol. The maximum absolute atomic E-state index is 13.4. The van der Waals surface area contributed by atoms with Crippen molar-refractivity contribution in [2.75, 3.05) is 6.54 Å². The lowest BCUT2D eigenvalue weighted by Crippen LogP contribution is -2.24. The van der Waals surface area contributed by atoms with Crippen LogP contribution in [0.4, 0.5) is 4.39 Å². The van der Waals surface area contributed by atoms with Crippen molar-refractivity contribution < 1.29 is 4.39 Å². The molecule has 0 radical (unpaired) electrons. The van der Waals surface area contributed by atoms with E-state index >= 15 is 0 Å². The van der Waals surface area contributed by atoms with Crippen molar-refractivity contribution in [3.8, 4) is 0 Å². The molecule has 0 spiro atoms. The highest BCUT2D eigenvalue weighted by molar-refractivity contribution is 5.29. The number of benzene rings is 1. The monoisotopic (exact) mass is 247 g/mol. The highest BCUT2D eigenvalue weighted by Gasteiger charge is 2.55. The van der Waals surface area contributed by atoms with Crippen LogP contribution in [0.2, 0.25) is 0 Å². The van der Waals surface area contributed by atoms with Crippen molar-refractivity contribution in [3.63, 3.8) is 0 Å². The van der Waals surface area contributed by atoms with Crippen LogP contribution in [0.1, 0.15) is 43.4 Å². The van der Waals surface area contributed by atoms with Gasteiger partial charge in [0.05, 0.1) is 0 Å². The molecule has 1 aromatic rings. The van der Waals surface area contributed by atoms with Gasteiger partial charge in [0.15, 0.2) is 0 Å². The van der Waals surface area contributed by atoms with Gasteiger partial charge in [0.1, 0.15) is 5.82 Å². The number of halogens is 1. The Kier molecular flexibility index (Phi) is 3.14. The Hall–Kier alpha value is -0.890. The van der Waals surface area contributed by atoms with Gasteiger partial charge in [-0.25, -0.2) is 4.39 Å². The fraction of sp³-hybridized carbons (Fsp3) is 0.625. The second-order valence-electron chi connectivity index (χ2n) is 5.88. The molecule has 2 heteroatoms. The molecule has 1 N–H and O–H groups in total. The van der Waals surface area contributed by atoms with E-state index in [0.717, 1.165) is 29.9 Å². The van der Waals surface area contributed by atoms with Crippen molar-refractivity contribution in [2.45, 2.75) is 39.2 Å². The summed E-state index contributed by atoms with van der Waals surface area (Å²) in [5.74, 6) is 2.56. The van der Waals surface area contributed by atoms with Crippen molar-refractivity contribution >= 4 is 0 Å². The average Bonchev–Trinajstić information content (AvgIpc) is 2.82. The Morgan fingerprint density at radius 2 is 2.06 bits per heavy atom. The Morgan fingerprint density at radius 1 is 1.33 bits per heavy atom. The van der Waals surface area contributed by atoms with Gasteiger partial charge < -0.3 is 5.32 Å². The van der Waals surface area contributed by atoms with E-state index < -0.39 is 0 Å². The molecule has 0 amide bonds. The fourth-order valence-corrected chi connectivity index (χ4v) is 3.93. The topological polar surface area (TPSA) is 12.0 Å². The van der Waals surface area contributed by atoms with E-state index in [4.69, 9.17) is 0 Å². The van der Waals surface area contributed by atoms with E-state index in [1.165, 1.54) is 24.8 Å². The van der Waals surface area contributed by atoms with Gasteiger partial charge in [-0.2, -0.15) is 0 Å². The molecule has 2 aliphatic carbocycles. The smallest absolute Gasteiger partial charge is 0.126 e. The lowest BCUT2D eigenvalue weighted by atomic mass is 9.95. The van der Waals surface area contributed by atoms with Crippen LogP contribution in [-0.4, -0.2) is 6.54 Å². The lowest BCUT2D eigenvalue weighted by Gasteiger charge is -2.21. The molecule has 18 heavy (non-hydrogen) atoms. The first-order chi connectivity index (χ1) is 8.72. The Balaban J connectivity index is 1.83. The quantitative estimate of drug-likeness (QED) is 0.852. The molecule has 0 aromatic heterocycles. The zero-order valence-corrected chi connectivity index (χ0v) is 11.2. The molecule has 1 aromatic carbocycles. The van der Waals surface area contributed by atoms with Crippen LogP contribution in [0.3, 0.4) is 0 Å². The number of nitrogens with one attached hydrogen (secondary N) is 1. The number of hydrogen-bond acceptors (Lipinski definition) is 1. The first-order valence-corrected chi connectivity index (χ1v) is 7.21. The van der Waals surface area contributed by atoms with E-state index in [-0.39, 0.29) is 5.82 Å². The molecule has 0 saturated heterocycles. The summed E-state index contributed by atoms with van der Waals surface area (Å²) in [4.78, 5) is 0. The zero-order chi connectivity index (χ0) is 12.7. The number of aryl methyl sites for hydroxylation is 1. The molecule has 2 saturated carbocycles. The zero-order valence-electron chi connectivity index (χ0n) is 11.2. The van der Waals surface area contributed by atoms with Crippen LogP contribution < -0.4 is 5.32 Å². The average molecular weight is 247 g/mol. The Bertz CT molecular complexity index is 433. The molecule has 2 aliphatic rings. The summed E-state index contributed by atoms with van der Waals surface area (Å²) < 4.78 is 13.4. The molecule has 2 fully saturated rings. The first-order valence-electron chi connectivity index (χ1n) is 7.21. The molecule has 98 valence electrons. The summed E-state index contributed by atoms with van der Waals surface area (Å²) in [6.45, 7) is 4.99. The molecule has 0 bridgehead atoms. The minimum Gasteiger partial charge on any atom is -0.310 e. The van der Waals surface area contributed by atoms with E-state index in [9.17, 15) is 4.39 Å². The second kappa shape index (κ2) is 4.65. The summed E-state index contributed by atoms with van der Waals surface area (Å²) >= 11 is 0. The van der Waals surface area contributed by atoms with E-state index in [2.05, 4.69) is 12.2 Å². The molecule has 0 heterocycles. The normalized spacial score (nSPS) is 31.2. The van der Waals surface area contributed by atoms with Gasteiger partial charge in [-0.3, -0.25) is 0 Å². The van der Waals surface area contributed by atoms with Crippen LogP contribution in [0.5, 0.6) is 0 Å². The maximum atomic E-state index is 13.4. The fourth-order valence-electron chi connectivity index (χ4n) is 3.93. The summed E-state index contributed by atoms with van der Waals surface area (Å²) in [5, 5.41) is 3.61. The minimum absolute atomic E-state index is 0.0926. The third-order valence-electron chi connectivity index (χ3n) is 4.82. The molecule has 3 unspecified atom stereocenters. The van der Waals surface area contributed by atoms with Crippen LogP contribution in [0.15, 0.2) is 18.2 Å². The highest BCUT2D eigenvalue weighted by atomic mass is 19.1. The molecule has 1 nitrogen and oxygen atoms in total. The highest BCUT2D eigenvalue weighted by Crippen LogP contribution is 2.62. The SMILES string of the molecule is CCNC(c1ccc(F)c(C)c1)C1C2CCCC21. The summed E-state index contributed by atoms with van der Waals surface area (Å²) in [6, 6.07) is 6.04. The molecule has 3 atom stereocenters.